The predicted octanol–water partition coefficient (Wildman–Crippen LogP) is 5.12. The highest BCUT2D eigenvalue weighted by Gasteiger charge is 2.15. The third-order valence-corrected chi connectivity index (χ3v) is 4.73. The molecule has 1 aromatic rings. The number of benzene rings is 1. The average Bonchev–Trinajstić information content (AvgIpc) is 2.43. The Morgan fingerprint density at radius 3 is 2.62 bits per heavy atom. The van der Waals surface area contributed by atoms with Gasteiger partial charge in [0.25, 0.3) is 0 Å². The second kappa shape index (κ2) is 9.83. The Balaban J connectivity index is 2.65. The molecule has 2 atom stereocenters. The first-order valence-electron chi connectivity index (χ1n) is 7.84. The largest absolute Gasteiger partial charge is 0.310 e. The summed E-state index contributed by atoms with van der Waals surface area (Å²) >= 11 is 9.87. The molecule has 0 aliphatic rings. The number of halogens is 2. The fraction of sp³-hybridized carbons (Fsp3) is 0.647. The molecule has 0 amide bonds. The molecule has 0 aliphatic heterocycles. The maximum atomic E-state index is 6.40. The number of rotatable bonds is 9. The van der Waals surface area contributed by atoms with E-state index in [0.29, 0.717) is 6.04 Å². The minimum Gasteiger partial charge on any atom is -0.310 e. The Kier molecular flexibility index (Phi) is 8.88. The Morgan fingerprint density at radius 2 is 2.05 bits per heavy atom. The van der Waals surface area contributed by atoms with Crippen molar-refractivity contribution < 1.29 is 0 Å². The zero-order valence-electron chi connectivity index (χ0n) is 13.6. The van der Waals surface area contributed by atoms with Gasteiger partial charge >= 0.3 is 0 Å². The number of hydrogen-bond donors (Lipinski definition) is 1. The van der Waals surface area contributed by atoms with Crippen molar-refractivity contribution in [3.05, 3.63) is 33.3 Å². The lowest BCUT2D eigenvalue weighted by Crippen LogP contribution is -2.30. The molecular weight excluding hydrogens is 348 g/mol. The maximum Gasteiger partial charge on any atom is 0.0465 e. The first-order valence-corrected chi connectivity index (χ1v) is 9.01. The second-order valence-corrected chi connectivity index (χ2v) is 7.16. The van der Waals surface area contributed by atoms with Gasteiger partial charge in [-0.3, -0.25) is 0 Å². The summed E-state index contributed by atoms with van der Waals surface area (Å²) in [6.07, 6.45) is 2.31. The zero-order chi connectivity index (χ0) is 15.8. The monoisotopic (exact) mass is 374 g/mol. The molecule has 1 N–H and O–H groups in total. The van der Waals surface area contributed by atoms with Crippen LogP contribution in [0, 0.1) is 5.92 Å². The smallest absolute Gasteiger partial charge is 0.0465 e. The molecule has 0 heterocycles. The van der Waals surface area contributed by atoms with Crippen molar-refractivity contribution >= 4 is 27.5 Å². The Labute approximate surface area is 143 Å². The number of hydrogen-bond acceptors (Lipinski definition) is 2. The third kappa shape index (κ3) is 6.68. The maximum absolute atomic E-state index is 6.40. The van der Waals surface area contributed by atoms with Crippen LogP contribution in [-0.4, -0.2) is 31.6 Å². The van der Waals surface area contributed by atoms with Gasteiger partial charge < -0.3 is 10.2 Å². The summed E-state index contributed by atoms with van der Waals surface area (Å²) in [7, 11) is 2.21. The van der Waals surface area contributed by atoms with Crippen LogP contribution < -0.4 is 5.32 Å². The van der Waals surface area contributed by atoms with Crippen molar-refractivity contribution in [2.24, 2.45) is 5.92 Å². The molecule has 1 aromatic carbocycles. The van der Waals surface area contributed by atoms with E-state index in [4.69, 9.17) is 11.6 Å². The van der Waals surface area contributed by atoms with Crippen LogP contribution in [0.4, 0.5) is 0 Å². The van der Waals surface area contributed by atoms with E-state index in [9.17, 15) is 0 Å². The lowest BCUT2D eigenvalue weighted by Gasteiger charge is -2.25. The van der Waals surface area contributed by atoms with Gasteiger partial charge in [0.05, 0.1) is 0 Å². The second-order valence-electron chi connectivity index (χ2n) is 5.84. The molecule has 0 saturated carbocycles. The quantitative estimate of drug-likeness (QED) is 0.644. The topological polar surface area (TPSA) is 15.3 Å². The summed E-state index contributed by atoms with van der Waals surface area (Å²) in [4.78, 5) is 2.42. The summed E-state index contributed by atoms with van der Waals surface area (Å²) in [5.41, 5.74) is 1.19. The van der Waals surface area contributed by atoms with Gasteiger partial charge in [-0.2, -0.15) is 0 Å². The Morgan fingerprint density at radius 1 is 1.33 bits per heavy atom. The molecular formula is C17H28BrClN2. The Bertz CT molecular complexity index is 425. The summed E-state index contributed by atoms with van der Waals surface area (Å²) < 4.78 is 1.03. The van der Waals surface area contributed by atoms with E-state index in [-0.39, 0.29) is 0 Å². The lowest BCUT2D eigenvalue weighted by atomic mass is 10.0. The highest BCUT2D eigenvalue weighted by molar-refractivity contribution is 9.10. The van der Waals surface area contributed by atoms with Crippen molar-refractivity contribution in [2.75, 3.05) is 26.7 Å². The van der Waals surface area contributed by atoms with Crippen molar-refractivity contribution in [3.63, 3.8) is 0 Å². The molecule has 2 unspecified atom stereocenters. The van der Waals surface area contributed by atoms with E-state index >= 15 is 0 Å². The molecule has 120 valence electrons. The van der Waals surface area contributed by atoms with Crippen LogP contribution >= 0.6 is 27.5 Å². The van der Waals surface area contributed by atoms with Crippen molar-refractivity contribution in [2.45, 2.75) is 39.7 Å². The lowest BCUT2D eigenvalue weighted by molar-refractivity contribution is 0.266. The molecule has 4 heteroatoms. The van der Waals surface area contributed by atoms with Crippen LogP contribution in [-0.2, 0) is 0 Å². The summed E-state index contributed by atoms with van der Waals surface area (Å²) in [6.45, 7) is 9.89. The van der Waals surface area contributed by atoms with Gasteiger partial charge in [0.1, 0.15) is 0 Å². The van der Waals surface area contributed by atoms with Gasteiger partial charge in [-0.25, -0.2) is 0 Å². The standard InChI is InChI=1S/C17H28BrClN2/c1-5-13(3)12-21(4)10-9-17(20-6-2)15-8-7-14(18)11-16(15)19/h7-8,11,13,17,20H,5-6,9-10,12H2,1-4H3. The van der Waals surface area contributed by atoms with Gasteiger partial charge in [0, 0.05) is 22.1 Å². The van der Waals surface area contributed by atoms with E-state index in [1.165, 1.54) is 12.0 Å². The molecule has 1 rings (SSSR count). The third-order valence-electron chi connectivity index (χ3n) is 3.91. The van der Waals surface area contributed by atoms with E-state index in [1.807, 2.05) is 6.07 Å². The van der Waals surface area contributed by atoms with E-state index < -0.39 is 0 Å². The fourth-order valence-electron chi connectivity index (χ4n) is 2.50. The minimum atomic E-state index is 0.315. The molecule has 0 aromatic heterocycles. The van der Waals surface area contributed by atoms with Crippen LogP contribution in [0.1, 0.15) is 45.2 Å². The fourth-order valence-corrected chi connectivity index (χ4v) is 3.31. The number of nitrogens with one attached hydrogen (secondary N) is 1. The summed E-state index contributed by atoms with van der Waals surface area (Å²) in [5.74, 6) is 0.754. The molecule has 0 bridgehead atoms. The molecule has 0 radical (unpaired) electrons. The molecule has 2 nitrogen and oxygen atoms in total. The summed E-state index contributed by atoms with van der Waals surface area (Å²) in [6, 6.07) is 6.47. The van der Waals surface area contributed by atoms with Gasteiger partial charge in [0.15, 0.2) is 0 Å². The van der Waals surface area contributed by atoms with Crippen LogP contribution in [0.25, 0.3) is 0 Å². The molecule has 0 spiro atoms. The van der Waals surface area contributed by atoms with Crippen LogP contribution in [0.15, 0.2) is 22.7 Å². The van der Waals surface area contributed by atoms with Gasteiger partial charge in [-0.1, -0.05) is 60.8 Å². The van der Waals surface area contributed by atoms with E-state index in [0.717, 1.165) is 41.5 Å². The van der Waals surface area contributed by atoms with Crippen LogP contribution in [0.5, 0.6) is 0 Å². The van der Waals surface area contributed by atoms with Gasteiger partial charge in [0.2, 0.25) is 0 Å². The van der Waals surface area contributed by atoms with Crippen molar-refractivity contribution in [1.29, 1.82) is 0 Å². The van der Waals surface area contributed by atoms with Crippen LogP contribution in [0.3, 0.4) is 0 Å². The van der Waals surface area contributed by atoms with Crippen LogP contribution in [0.2, 0.25) is 5.02 Å². The molecule has 0 saturated heterocycles. The average molecular weight is 376 g/mol. The first kappa shape index (κ1) is 19.0. The summed E-state index contributed by atoms with van der Waals surface area (Å²) in [5, 5.41) is 4.39. The Hall–Kier alpha value is -0.0900. The zero-order valence-corrected chi connectivity index (χ0v) is 16.0. The molecule has 0 aliphatic carbocycles. The van der Waals surface area contributed by atoms with Gasteiger partial charge in [-0.15, -0.1) is 0 Å². The predicted molar refractivity (Wildman–Crippen MR) is 97.1 cm³/mol. The molecule has 0 fully saturated rings. The van der Waals surface area contributed by atoms with E-state index in [2.05, 4.69) is 66.1 Å². The van der Waals surface area contributed by atoms with Crippen molar-refractivity contribution in [1.82, 2.24) is 10.2 Å². The van der Waals surface area contributed by atoms with Gasteiger partial charge in [-0.05, 0) is 50.2 Å². The highest BCUT2D eigenvalue weighted by atomic mass is 79.9. The SMILES string of the molecule is CCNC(CCN(C)CC(C)CC)c1ccc(Br)cc1Cl. The first-order chi connectivity index (χ1) is 9.97. The highest BCUT2D eigenvalue weighted by Crippen LogP contribution is 2.28. The molecule has 21 heavy (non-hydrogen) atoms. The normalized spacial score (nSPS) is 14.4. The van der Waals surface area contributed by atoms with Crippen molar-refractivity contribution in [3.8, 4) is 0 Å². The number of nitrogens with zero attached hydrogens (tertiary/aromatic N) is 1. The van der Waals surface area contributed by atoms with E-state index in [1.54, 1.807) is 0 Å². The minimum absolute atomic E-state index is 0.315.